The fourth-order valence-electron chi connectivity index (χ4n) is 1.95. The zero-order valence-electron chi connectivity index (χ0n) is 13.3. The Hall–Kier alpha value is -2.18. The average molecular weight is 364 g/mol. The summed E-state index contributed by atoms with van der Waals surface area (Å²) in [6.07, 6.45) is 1.57. The van der Waals surface area contributed by atoms with Crippen LogP contribution in [-0.4, -0.2) is 24.1 Å². The van der Waals surface area contributed by atoms with Crippen molar-refractivity contribution < 1.29 is 9.59 Å². The molecule has 2 aromatic rings. The van der Waals surface area contributed by atoms with E-state index in [9.17, 15) is 9.59 Å². The van der Waals surface area contributed by atoms with Crippen LogP contribution >= 0.6 is 22.9 Å². The first-order chi connectivity index (χ1) is 11.5. The molecule has 1 aromatic heterocycles. The average Bonchev–Trinajstić information content (AvgIpc) is 3.06. The van der Waals surface area contributed by atoms with Crippen LogP contribution < -0.4 is 10.7 Å². The topological polar surface area (TPSA) is 70.6 Å². The standard InChI is InChI=1S/C17H18ClN3O2S/c1-11(2)15(17(23)21-19-10-14-4-3-9-24-14)20-16(22)12-5-7-13(18)8-6-12/h3-11,15H,1-2H3,(H,20,22)(H,21,23)/b19-10-. The Morgan fingerprint density at radius 3 is 2.50 bits per heavy atom. The van der Waals surface area contributed by atoms with Crippen LogP contribution in [0.15, 0.2) is 46.9 Å². The first kappa shape index (κ1) is 18.2. The maximum Gasteiger partial charge on any atom is 0.262 e. The molecule has 126 valence electrons. The SMILES string of the molecule is CC(C)C(NC(=O)c1ccc(Cl)cc1)C(=O)N/N=C\c1cccs1. The number of carbonyl (C=O) groups is 2. The highest BCUT2D eigenvalue weighted by Crippen LogP contribution is 2.11. The minimum Gasteiger partial charge on any atom is -0.340 e. The second-order valence-corrected chi connectivity index (χ2v) is 6.87. The van der Waals surface area contributed by atoms with Gasteiger partial charge in [0.2, 0.25) is 0 Å². The van der Waals surface area contributed by atoms with Crippen molar-refractivity contribution in [1.82, 2.24) is 10.7 Å². The van der Waals surface area contributed by atoms with Crippen molar-refractivity contribution in [2.24, 2.45) is 11.0 Å². The van der Waals surface area contributed by atoms with Gasteiger partial charge >= 0.3 is 0 Å². The van der Waals surface area contributed by atoms with Gasteiger partial charge < -0.3 is 5.32 Å². The van der Waals surface area contributed by atoms with E-state index in [-0.39, 0.29) is 17.7 Å². The van der Waals surface area contributed by atoms with Gasteiger partial charge in [0.1, 0.15) is 6.04 Å². The van der Waals surface area contributed by atoms with Crippen molar-refractivity contribution in [3.8, 4) is 0 Å². The Labute approximate surface area is 149 Å². The zero-order valence-corrected chi connectivity index (χ0v) is 14.9. The molecule has 7 heteroatoms. The highest BCUT2D eigenvalue weighted by Gasteiger charge is 2.24. The summed E-state index contributed by atoms with van der Waals surface area (Å²) in [5.74, 6) is -0.777. The number of nitrogens with one attached hydrogen (secondary N) is 2. The highest BCUT2D eigenvalue weighted by atomic mass is 35.5. The number of nitrogens with zero attached hydrogens (tertiary/aromatic N) is 1. The van der Waals surface area contributed by atoms with Crippen molar-refractivity contribution in [2.45, 2.75) is 19.9 Å². The summed E-state index contributed by atoms with van der Waals surface area (Å²) in [5.41, 5.74) is 2.91. The lowest BCUT2D eigenvalue weighted by Crippen LogP contribution is -2.48. The lowest BCUT2D eigenvalue weighted by atomic mass is 10.0. The van der Waals surface area contributed by atoms with E-state index in [0.717, 1.165) is 4.88 Å². The molecule has 0 saturated carbocycles. The van der Waals surface area contributed by atoms with Gasteiger partial charge in [-0.2, -0.15) is 5.10 Å². The molecule has 24 heavy (non-hydrogen) atoms. The fourth-order valence-corrected chi connectivity index (χ4v) is 2.67. The summed E-state index contributed by atoms with van der Waals surface area (Å²) in [6.45, 7) is 3.71. The van der Waals surface area contributed by atoms with E-state index in [2.05, 4.69) is 15.8 Å². The molecule has 0 aliphatic carbocycles. The van der Waals surface area contributed by atoms with Gasteiger partial charge in [-0.3, -0.25) is 9.59 Å². The quantitative estimate of drug-likeness (QED) is 0.610. The van der Waals surface area contributed by atoms with Gasteiger partial charge in [0.25, 0.3) is 11.8 Å². The van der Waals surface area contributed by atoms with Crippen LogP contribution in [0.5, 0.6) is 0 Å². The molecule has 0 aliphatic heterocycles. The number of rotatable bonds is 6. The molecular weight excluding hydrogens is 346 g/mol. The van der Waals surface area contributed by atoms with Crippen LogP contribution in [0, 0.1) is 5.92 Å². The molecule has 2 rings (SSSR count). The first-order valence-corrected chi connectivity index (χ1v) is 8.66. The molecule has 5 nitrogen and oxygen atoms in total. The lowest BCUT2D eigenvalue weighted by Gasteiger charge is -2.20. The van der Waals surface area contributed by atoms with Gasteiger partial charge in [-0.05, 0) is 41.6 Å². The molecule has 0 aliphatic rings. The van der Waals surface area contributed by atoms with E-state index in [1.807, 2.05) is 31.4 Å². The Balaban J connectivity index is 1.98. The third-order valence-corrected chi connectivity index (χ3v) is 4.31. The van der Waals surface area contributed by atoms with Gasteiger partial charge in [0.05, 0.1) is 6.21 Å². The molecule has 1 aromatic carbocycles. The summed E-state index contributed by atoms with van der Waals surface area (Å²) in [7, 11) is 0. The maximum atomic E-state index is 12.3. The van der Waals surface area contributed by atoms with Crippen molar-refractivity contribution in [1.29, 1.82) is 0 Å². The number of thiophene rings is 1. The maximum absolute atomic E-state index is 12.3. The molecule has 1 heterocycles. The molecule has 0 fully saturated rings. The molecule has 2 N–H and O–H groups in total. The number of halogens is 1. The molecular formula is C17H18ClN3O2S. The van der Waals surface area contributed by atoms with Crippen LogP contribution in [0.25, 0.3) is 0 Å². The Kier molecular flexibility index (Phi) is 6.52. The molecule has 1 atom stereocenters. The minimum atomic E-state index is -0.686. The third-order valence-electron chi connectivity index (χ3n) is 3.25. The summed E-state index contributed by atoms with van der Waals surface area (Å²) in [4.78, 5) is 25.5. The Morgan fingerprint density at radius 2 is 1.92 bits per heavy atom. The smallest absolute Gasteiger partial charge is 0.262 e. The van der Waals surface area contributed by atoms with E-state index < -0.39 is 6.04 Å². The van der Waals surface area contributed by atoms with Crippen LogP contribution in [0.3, 0.4) is 0 Å². The number of hydrazone groups is 1. The number of carbonyl (C=O) groups excluding carboxylic acids is 2. The monoisotopic (exact) mass is 363 g/mol. The van der Waals surface area contributed by atoms with Crippen molar-refractivity contribution in [2.75, 3.05) is 0 Å². The van der Waals surface area contributed by atoms with Crippen LogP contribution in [-0.2, 0) is 4.79 Å². The van der Waals surface area contributed by atoms with E-state index >= 15 is 0 Å². The van der Waals surface area contributed by atoms with E-state index in [0.29, 0.717) is 10.6 Å². The van der Waals surface area contributed by atoms with E-state index in [4.69, 9.17) is 11.6 Å². The molecule has 1 unspecified atom stereocenters. The Morgan fingerprint density at radius 1 is 1.21 bits per heavy atom. The summed E-state index contributed by atoms with van der Waals surface area (Å²) in [6, 6.07) is 9.59. The molecule has 2 amide bonds. The van der Waals surface area contributed by atoms with Crippen LogP contribution in [0.1, 0.15) is 29.1 Å². The number of benzene rings is 1. The largest absolute Gasteiger partial charge is 0.340 e. The zero-order chi connectivity index (χ0) is 17.5. The molecule has 0 radical (unpaired) electrons. The number of amides is 2. The lowest BCUT2D eigenvalue weighted by molar-refractivity contribution is -0.123. The molecule has 0 bridgehead atoms. The van der Waals surface area contributed by atoms with Crippen LogP contribution in [0.2, 0.25) is 5.02 Å². The summed E-state index contributed by atoms with van der Waals surface area (Å²) >= 11 is 7.33. The molecule has 0 saturated heterocycles. The predicted octanol–water partition coefficient (Wildman–Crippen LogP) is 3.31. The van der Waals surface area contributed by atoms with Gasteiger partial charge in [-0.15, -0.1) is 11.3 Å². The summed E-state index contributed by atoms with van der Waals surface area (Å²) in [5, 5.41) is 9.13. The van der Waals surface area contributed by atoms with Gasteiger partial charge in [-0.1, -0.05) is 31.5 Å². The fraction of sp³-hybridized carbons (Fsp3) is 0.235. The number of hydrogen-bond acceptors (Lipinski definition) is 4. The predicted molar refractivity (Wildman–Crippen MR) is 97.6 cm³/mol. The normalized spacial score (nSPS) is 12.3. The van der Waals surface area contributed by atoms with Gasteiger partial charge in [0, 0.05) is 15.5 Å². The second-order valence-electron chi connectivity index (χ2n) is 5.45. The third kappa shape index (κ3) is 5.18. The van der Waals surface area contributed by atoms with Crippen molar-refractivity contribution >= 4 is 41.0 Å². The van der Waals surface area contributed by atoms with Gasteiger partial charge in [0.15, 0.2) is 0 Å². The second kappa shape index (κ2) is 8.61. The van der Waals surface area contributed by atoms with Crippen molar-refractivity contribution in [3.05, 3.63) is 57.2 Å². The number of hydrogen-bond donors (Lipinski definition) is 2. The van der Waals surface area contributed by atoms with Crippen LogP contribution in [0.4, 0.5) is 0 Å². The first-order valence-electron chi connectivity index (χ1n) is 7.40. The minimum absolute atomic E-state index is 0.0850. The molecule has 0 spiro atoms. The van der Waals surface area contributed by atoms with Gasteiger partial charge in [-0.25, -0.2) is 5.43 Å². The summed E-state index contributed by atoms with van der Waals surface area (Å²) < 4.78 is 0. The van der Waals surface area contributed by atoms with E-state index in [1.54, 1.807) is 30.5 Å². The highest BCUT2D eigenvalue weighted by molar-refractivity contribution is 7.11. The Bertz CT molecular complexity index is 712. The van der Waals surface area contributed by atoms with Crippen molar-refractivity contribution in [3.63, 3.8) is 0 Å². The van der Waals surface area contributed by atoms with E-state index in [1.165, 1.54) is 11.3 Å².